The van der Waals surface area contributed by atoms with E-state index in [1.807, 2.05) is 0 Å². The van der Waals surface area contributed by atoms with E-state index in [-0.39, 0.29) is 18.5 Å². The highest BCUT2D eigenvalue weighted by Gasteiger charge is 2.38. The molecule has 0 radical (unpaired) electrons. The number of carbonyl (C=O) groups is 2. The Labute approximate surface area is 121 Å². The third-order valence-electron chi connectivity index (χ3n) is 3.95. The summed E-state index contributed by atoms with van der Waals surface area (Å²) in [6.07, 6.45) is 3.03. The normalized spacial score (nSPS) is 16.7. The highest BCUT2D eigenvalue weighted by molar-refractivity contribution is 5.91. The maximum atomic E-state index is 13.5. The Morgan fingerprint density at radius 3 is 2.48 bits per heavy atom. The smallest absolute Gasteiger partial charge is 0.303 e. The molecule has 1 saturated carbocycles. The summed E-state index contributed by atoms with van der Waals surface area (Å²) in [6, 6.07) is 3.54. The summed E-state index contributed by atoms with van der Waals surface area (Å²) in [5.74, 6) is -3.57. The van der Waals surface area contributed by atoms with Crippen molar-refractivity contribution in [2.75, 3.05) is 5.32 Å². The van der Waals surface area contributed by atoms with Crippen LogP contribution in [-0.2, 0) is 9.59 Å². The number of nitrogens with one attached hydrogen (secondary N) is 1. The van der Waals surface area contributed by atoms with Crippen molar-refractivity contribution in [3.05, 3.63) is 29.8 Å². The predicted octanol–water partition coefficient (Wildman–Crippen LogP) is 3.33. The molecule has 1 amide bonds. The molecule has 0 aliphatic heterocycles. The van der Waals surface area contributed by atoms with Crippen molar-refractivity contribution in [2.24, 2.45) is 5.41 Å². The van der Waals surface area contributed by atoms with Gasteiger partial charge >= 0.3 is 5.97 Å². The fraction of sp³-hybridized carbons (Fsp3) is 0.467. The Bertz CT molecular complexity index is 554. The van der Waals surface area contributed by atoms with E-state index in [0.29, 0.717) is 12.8 Å². The monoisotopic (exact) mass is 297 g/mol. The van der Waals surface area contributed by atoms with Crippen molar-refractivity contribution in [1.82, 2.24) is 0 Å². The number of aliphatic carboxylic acids is 1. The molecule has 1 aromatic carbocycles. The molecule has 114 valence electrons. The molecule has 0 heterocycles. The summed E-state index contributed by atoms with van der Waals surface area (Å²) < 4.78 is 26.6. The standard InChI is InChI=1S/C15H17F2NO3/c16-10-4-3-5-11(14(10)17)18-12(19)8-15(9-13(20)21)6-1-2-7-15/h3-5H,1-2,6-9H2,(H,18,19)(H,20,21). The maximum Gasteiger partial charge on any atom is 0.303 e. The zero-order valence-corrected chi connectivity index (χ0v) is 11.5. The lowest BCUT2D eigenvalue weighted by Crippen LogP contribution is -2.28. The summed E-state index contributed by atoms with van der Waals surface area (Å²) in [6.45, 7) is 0. The van der Waals surface area contributed by atoms with Gasteiger partial charge in [-0.3, -0.25) is 9.59 Å². The van der Waals surface area contributed by atoms with Gasteiger partial charge in [0.1, 0.15) is 0 Å². The van der Waals surface area contributed by atoms with E-state index in [0.717, 1.165) is 18.9 Å². The van der Waals surface area contributed by atoms with Gasteiger partial charge in [-0.15, -0.1) is 0 Å². The number of carbonyl (C=O) groups excluding carboxylic acids is 1. The molecule has 0 spiro atoms. The van der Waals surface area contributed by atoms with E-state index in [2.05, 4.69) is 5.32 Å². The second-order valence-electron chi connectivity index (χ2n) is 5.60. The molecular formula is C15H17F2NO3. The van der Waals surface area contributed by atoms with E-state index in [9.17, 15) is 18.4 Å². The largest absolute Gasteiger partial charge is 0.481 e. The number of anilines is 1. The highest BCUT2D eigenvalue weighted by atomic mass is 19.2. The van der Waals surface area contributed by atoms with Crippen molar-refractivity contribution < 1.29 is 23.5 Å². The van der Waals surface area contributed by atoms with Crippen LogP contribution in [-0.4, -0.2) is 17.0 Å². The summed E-state index contributed by atoms with van der Waals surface area (Å²) in [7, 11) is 0. The number of carboxylic acids is 1. The minimum Gasteiger partial charge on any atom is -0.481 e. The van der Waals surface area contributed by atoms with Gasteiger partial charge in [0.15, 0.2) is 11.6 Å². The average Bonchev–Trinajstić information content (AvgIpc) is 2.82. The van der Waals surface area contributed by atoms with Gasteiger partial charge in [-0.05, 0) is 30.4 Å². The van der Waals surface area contributed by atoms with Gasteiger partial charge in [-0.25, -0.2) is 8.78 Å². The first-order valence-electron chi connectivity index (χ1n) is 6.88. The molecule has 2 rings (SSSR count). The minimum absolute atomic E-state index is 0.00918. The van der Waals surface area contributed by atoms with Crippen LogP contribution in [0.1, 0.15) is 38.5 Å². The zero-order chi connectivity index (χ0) is 15.5. The van der Waals surface area contributed by atoms with Gasteiger partial charge < -0.3 is 10.4 Å². The lowest BCUT2D eigenvalue weighted by Gasteiger charge is -2.26. The molecule has 0 atom stereocenters. The molecule has 0 unspecified atom stereocenters. The maximum absolute atomic E-state index is 13.5. The van der Waals surface area contributed by atoms with Crippen LogP contribution in [0.4, 0.5) is 14.5 Å². The van der Waals surface area contributed by atoms with Crippen LogP contribution in [0.25, 0.3) is 0 Å². The van der Waals surface area contributed by atoms with Crippen LogP contribution < -0.4 is 5.32 Å². The number of amides is 1. The molecule has 6 heteroatoms. The number of carboxylic acid groups (broad SMARTS) is 1. The summed E-state index contributed by atoms with van der Waals surface area (Å²) in [4.78, 5) is 23.0. The number of halogens is 2. The van der Waals surface area contributed by atoms with Gasteiger partial charge in [0.05, 0.1) is 12.1 Å². The van der Waals surface area contributed by atoms with Crippen molar-refractivity contribution >= 4 is 17.6 Å². The van der Waals surface area contributed by atoms with Gasteiger partial charge in [0, 0.05) is 6.42 Å². The summed E-state index contributed by atoms with van der Waals surface area (Å²) in [5, 5.41) is 11.3. The van der Waals surface area contributed by atoms with E-state index >= 15 is 0 Å². The van der Waals surface area contributed by atoms with Gasteiger partial charge in [0.2, 0.25) is 5.91 Å². The van der Waals surface area contributed by atoms with Crippen LogP contribution in [0.3, 0.4) is 0 Å². The Morgan fingerprint density at radius 1 is 1.19 bits per heavy atom. The van der Waals surface area contributed by atoms with Gasteiger partial charge in [0.25, 0.3) is 0 Å². The van der Waals surface area contributed by atoms with Gasteiger partial charge in [-0.2, -0.15) is 0 Å². The topological polar surface area (TPSA) is 66.4 Å². The Balaban J connectivity index is 2.06. The quantitative estimate of drug-likeness (QED) is 0.876. The third-order valence-corrected chi connectivity index (χ3v) is 3.95. The molecule has 1 aliphatic rings. The Kier molecular flexibility index (Phi) is 4.55. The van der Waals surface area contributed by atoms with Crippen molar-refractivity contribution in [1.29, 1.82) is 0 Å². The molecule has 1 aliphatic carbocycles. The third kappa shape index (κ3) is 3.77. The number of hydrogen-bond acceptors (Lipinski definition) is 2. The first-order chi connectivity index (χ1) is 9.92. The fourth-order valence-electron chi connectivity index (χ4n) is 3.00. The summed E-state index contributed by atoms with van der Waals surface area (Å²) in [5.41, 5.74) is -0.789. The van der Waals surface area contributed by atoms with Crippen molar-refractivity contribution in [3.8, 4) is 0 Å². The molecule has 0 saturated heterocycles. The highest BCUT2D eigenvalue weighted by Crippen LogP contribution is 2.44. The van der Waals surface area contributed by atoms with E-state index in [1.54, 1.807) is 0 Å². The minimum atomic E-state index is -1.11. The van der Waals surface area contributed by atoms with Crippen LogP contribution in [0.2, 0.25) is 0 Å². The lowest BCUT2D eigenvalue weighted by molar-refractivity contribution is -0.140. The second kappa shape index (κ2) is 6.20. The lowest BCUT2D eigenvalue weighted by atomic mass is 9.79. The van der Waals surface area contributed by atoms with Crippen LogP contribution in [0, 0.1) is 17.0 Å². The van der Waals surface area contributed by atoms with Crippen molar-refractivity contribution in [3.63, 3.8) is 0 Å². The molecule has 2 N–H and O–H groups in total. The van der Waals surface area contributed by atoms with E-state index in [4.69, 9.17) is 5.11 Å². The Hall–Kier alpha value is -1.98. The first-order valence-corrected chi connectivity index (χ1v) is 6.88. The number of hydrogen-bond donors (Lipinski definition) is 2. The molecule has 0 bridgehead atoms. The van der Waals surface area contributed by atoms with Gasteiger partial charge in [-0.1, -0.05) is 18.9 Å². The van der Waals surface area contributed by atoms with E-state index < -0.39 is 28.9 Å². The fourth-order valence-corrected chi connectivity index (χ4v) is 3.00. The van der Waals surface area contributed by atoms with E-state index in [1.165, 1.54) is 12.1 Å². The molecular weight excluding hydrogens is 280 g/mol. The molecule has 0 aromatic heterocycles. The zero-order valence-electron chi connectivity index (χ0n) is 11.5. The predicted molar refractivity (Wildman–Crippen MR) is 72.8 cm³/mol. The SMILES string of the molecule is O=C(O)CC1(CC(=O)Nc2cccc(F)c2F)CCCC1. The van der Waals surface area contributed by atoms with Crippen LogP contribution in [0.15, 0.2) is 18.2 Å². The molecule has 4 nitrogen and oxygen atoms in total. The molecule has 1 fully saturated rings. The first kappa shape index (κ1) is 15.4. The average molecular weight is 297 g/mol. The second-order valence-corrected chi connectivity index (χ2v) is 5.60. The number of benzene rings is 1. The van der Waals surface area contributed by atoms with Crippen LogP contribution in [0.5, 0.6) is 0 Å². The molecule has 21 heavy (non-hydrogen) atoms. The Morgan fingerprint density at radius 2 is 1.86 bits per heavy atom. The van der Waals surface area contributed by atoms with Crippen LogP contribution >= 0.6 is 0 Å². The number of rotatable bonds is 5. The molecule has 1 aromatic rings. The summed E-state index contributed by atoms with van der Waals surface area (Å²) >= 11 is 0. The van der Waals surface area contributed by atoms with Crippen molar-refractivity contribution in [2.45, 2.75) is 38.5 Å².